The van der Waals surface area contributed by atoms with E-state index in [0.717, 1.165) is 49.9 Å². The zero-order chi connectivity index (χ0) is 26.6. The Kier molecular flexibility index (Phi) is 8.73. The van der Waals surface area contributed by atoms with Crippen LogP contribution < -0.4 is 4.74 Å². The molecule has 8 heteroatoms. The van der Waals surface area contributed by atoms with Gasteiger partial charge in [-0.05, 0) is 91.5 Å². The zero-order valence-corrected chi connectivity index (χ0v) is 20.8. The Bertz CT molecular complexity index is 1180. The molecule has 0 heterocycles. The molecule has 0 N–H and O–H groups in total. The molecule has 0 unspecified atom stereocenters. The van der Waals surface area contributed by atoms with Crippen LogP contribution in [0.5, 0.6) is 5.75 Å². The molecule has 0 atom stereocenters. The van der Waals surface area contributed by atoms with E-state index in [1.54, 1.807) is 24.3 Å². The number of ether oxygens (including phenoxy) is 1. The molecule has 0 bridgehead atoms. The number of hydrogen-bond donors (Lipinski definition) is 0. The topological polar surface area (TPSA) is 9.23 Å². The zero-order valence-electron chi connectivity index (χ0n) is 20.1. The number of rotatable bonds is 9. The summed E-state index contributed by atoms with van der Waals surface area (Å²) < 4.78 is 90.9. The molecular weight excluding hydrogens is 514 g/mol. The van der Waals surface area contributed by atoms with Gasteiger partial charge >= 0.3 is 6.11 Å². The van der Waals surface area contributed by atoms with Crippen molar-refractivity contribution in [3.8, 4) is 16.9 Å². The van der Waals surface area contributed by atoms with E-state index in [9.17, 15) is 26.3 Å². The monoisotopic (exact) mass is 540 g/mol. The first-order chi connectivity index (χ1) is 17.7. The van der Waals surface area contributed by atoms with E-state index in [4.69, 9.17) is 11.6 Å². The Morgan fingerprint density at radius 3 is 2.05 bits per heavy atom. The molecule has 0 spiro atoms. The molecule has 37 heavy (non-hydrogen) atoms. The van der Waals surface area contributed by atoms with Crippen LogP contribution >= 0.6 is 11.6 Å². The van der Waals surface area contributed by atoms with Crippen molar-refractivity contribution in [2.45, 2.75) is 57.0 Å². The van der Waals surface area contributed by atoms with Crippen LogP contribution in [0.25, 0.3) is 11.1 Å². The standard InChI is InChI=1S/C29H27ClF6O/c30-22-10-8-20(9-11-22)24-13-12-23(17-25(24)32)37-29(35,36)28-26(33)15-21(16-27(28)34)19-6-4-18(5-7-19)3-1-2-14-31/h8-13,15-19H,1-7,14H2. The molecule has 4 rings (SSSR count). The fourth-order valence-electron chi connectivity index (χ4n) is 5.04. The van der Waals surface area contributed by atoms with Crippen molar-refractivity contribution in [2.75, 3.05) is 6.67 Å². The lowest BCUT2D eigenvalue weighted by molar-refractivity contribution is -0.189. The maximum atomic E-state index is 14.9. The molecule has 1 fully saturated rings. The molecule has 1 aliphatic carbocycles. The van der Waals surface area contributed by atoms with Gasteiger partial charge in [-0.15, -0.1) is 0 Å². The Labute approximate surface area is 217 Å². The lowest BCUT2D eigenvalue weighted by atomic mass is 9.77. The number of alkyl halides is 3. The quantitative estimate of drug-likeness (QED) is 0.194. The number of halogens is 7. The van der Waals surface area contributed by atoms with E-state index in [2.05, 4.69) is 4.74 Å². The second kappa shape index (κ2) is 11.8. The number of benzene rings is 3. The highest BCUT2D eigenvalue weighted by Gasteiger charge is 2.41. The van der Waals surface area contributed by atoms with E-state index in [1.165, 1.54) is 6.07 Å². The SMILES string of the molecule is FCCCCC1CCC(c2cc(F)c(C(F)(F)Oc3ccc(-c4ccc(Cl)cc4)c(F)c3)c(F)c2)CC1. The minimum absolute atomic E-state index is 0.131. The van der Waals surface area contributed by atoms with Crippen molar-refractivity contribution in [1.29, 1.82) is 0 Å². The van der Waals surface area contributed by atoms with Crippen molar-refractivity contribution >= 4 is 11.6 Å². The van der Waals surface area contributed by atoms with Gasteiger partial charge in [0.25, 0.3) is 0 Å². The van der Waals surface area contributed by atoms with Gasteiger partial charge in [0.1, 0.15) is 28.8 Å². The maximum absolute atomic E-state index is 14.9. The Balaban J connectivity index is 1.47. The van der Waals surface area contributed by atoms with E-state index in [0.29, 0.717) is 41.3 Å². The summed E-state index contributed by atoms with van der Waals surface area (Å²) >= 11 is 5.83. The van der Waals surface area contributed by atoms with Gasteiger partial charge in [0.15, 0.2) is 0 Å². The van der Waals surface area contributed by atoms with E-state index >= 15 is 0 Å². The Hall–Kier alpha value is -2.67. The molecule has 3 aromatic rings. The van der Waals surface area contributed by atoms with Gasteiger partial charge in [-0.3, -0.25) is 4.39 Å². The molecule has 3 aromatic carbocycles. The van der Waals surface area contributed by atoms with Crippen molar-refractivity contribution < 1.29 is 31.1 Å². The minimum Gasteiger partial charge on any atom is -0.429 e. The maximum Gasteiger partial charge on any atom is 0.432 e. The molecule has 198 valence electrons. The first-order valence-corrected chi connectivity index (χ1v) is 12.7. The summed E-state index contributed by atoms with van der Waals surface area (Å²) in [5.74, 6) is -3.94. The third-order valence-electron chi connectivity index (χ3n) is 7.01. The molecule has 0 aromatic heterocycles. The Morgan fingerprint density at radius 1 is 0.811 bits per heavy atom. The summed E-state index contributed by atoms with van der Waals surface area (Å²) in [5.41, 5.74) is -0.582. The van der Waals surface area contributed by atoms with Gasteiger partial charge in [-0.25, -0.2) is 13.2 Å². The second-order valence-electron chi connectivity index (χ2n) is 9.53. The van der Waals surface area contributed by atoms with Crippen LogP contribution in [0.2, 0.25) is 5.02 Å². The summed E-state index contributed by atoms with van der Waals surface area (Å²) in [6.07, 6.45) is 0.963. The van der Waals surface area contributed by atoms with Gasteiger partial charge in [-0.1, -0.05) is 36.6 Å². The molecule has 0 radical (unpaired) electrons. The van der Waals surface area contributed by atoms with Crippen LogP contribution in [0.15, 0.2) is 54.6 Å². The van der Waals surface area contributed by atoms with Gasteiger partial charge in [-0.2, -0.15) is 8.78 Å². The molecule has 1 nitrogen and oxygen atoms in total. The van der Waals surface area contributed by atoms with E-state index < -0.39 is 34.9 Å². The van der Waals surface area contributed by atoms with Crippen LogP contribution in [-0.4, -0.2) is 6.67 Å². The molecule has 0 amide bonds. The van der Waals surface area contributed by atoms with E-state index in [-0.39, 0.29) is 18.2 Å². The second-order valence-corrected chi connectivity index (χ2v) is 9.97. The predicted octanol–water partition coefficient (Wildman–Crippen LogP) is 9.97. The van der Waals surface area contributed by atoms with Crippen LogP contribution in [0.4, 0.5) is 26.3 Å². The highest BCUT2D eigenvalue weighted by molar-refractivity contribution is 6.30. The summed E-state index contributed by atoms with van der Waals surface area (Å²) in [7, 11) is 0. The fourth-order valence-corrected chi connectivity index (χ4v) is 5.17. The summed E-state index contributed by atoms with van der Waals surface area (Å²) in [5, 5.41) is 0.455. The lowest BCUT2D eigenvalue weighted by Gasteiger charge is -2.29. The van der Waals surface area contributed by atoms with Crippen molar-refractivity contribution in [1.82, 2.24) is 0 Å². The predicted molar refractivity (Wildman–Crippen MR) is 132 cm³/mol. The first-order valence-electron chi connectivity index (χ1n) is 12.4. The summed E-state index contributed by atoms with van der Waals surface area (Å²) in [6.45, 7) is -0.335. The third kappa shape index (κ3) is 6.61. The van der Waals surface area contributed by atoms with Crippen LogP contribution in [0, 0.1) is 23.4 Å². The number of unbranched alkanes of at least 4 members (excludes halogenated alkanes) is 1. The largest absolute Gasteiger partial charge is 0.432 e. The smallest absolute Gasteiger partial charge is 0.429 e. The Morgan fingerprint density at radius 2 is 1.46 bits per heavy atom. The van der Waals surface area contributed by atoms with Gasteiger partial charge < -0.3 is 4.74 Å². The van der Waals surface area contributed by atoms with Crippen molar-refractivity contribution in [3.05, 3.63) is 88.2 Å². The fraction of sp³-hybridized carbons (Fsp3) is 0.379. The third-order valence-corrected chi connectivity index (χ3v) is 7.26. The van der Waals surface area contributed by atoms with Crippen LogP contribution in [0.1, 0.15) is 62.0 Å². The van der Waals surface area contributed by atoms with Gasteiger partial charge in [0.05, 0.1) is 6.67 Å². The van der Waals surface area contributed by atoms with Gasteiger partial charge in [0.2, 0.25) is 0 Å². The van der Waals surface area contributed by atoms with E-state index in [1.807, 2.05) is 0 Å². The molecular formula is C29H27ClF6O. The normalized spacial score (nSPS) is 18.1. The molecule has 0 saturated heterocycles. The van der Waals surface area contributed by atoms with Crippen molar-refractivity contribution in [2.24, 2.45) is 5.92 Å². The average Bonchev–Trinajstić information content (AvgIpc) is 2.84. The van der Waals surface area contributed by atoms with Gasteiger partial charge in [0, 0.05) is 16.7 Å². The molecule has 1 aliphatic rings. The highest BCUT2D eigenvalue weighted by Crippen LogP contribution is 2.41. The average molecular weight is 541 g/mol. The lowest BCUT2D eigenvalue weighted by Crippen LogP contribution is -2.26. The van der Waals surface area contributed by atoms with Crippen LogP contribution in [0.3, 0.4) is 0 Å². The first kappa shape index (κ1) is 27.4. The molecule has 0 aliphatic heterocycles. The van der Waals surface area contributed by atoms with Crippen LogP contribution in [-0.2, 0) is 6.11 Å². The summed E-state index contributed by atoms with van der Waals surface area (Å²) in [6, 6.07) is 11.2. The summed E-state index contributed by atoms with van der Waals surface area (Å²) in [4.78, 5) is 0. The highest BCUT2D eigenvalue weighted by atomic mass is 35.5. The minimum atomic E-state index is -4.37. The number of hydrogen-bond acceptors (Lipinski definition) is 1. The molecule has 1 saturated carbocycles. The van der Waals surface area contributed by atoms with Crippen molar-refractivity contribution in [3.63, 3.8) is 0 Å².